The summed E-state index contributed by atoms with van der Waals surface area (Å²) in [5, 5.41) is 10.8. The Morgan fingerprint density at radius 1 is 1.25 bits per heavy atom. The molecular formula is C19H25NO4. The van der Waals surface area contributed by atoms with Gasteiger partial charge in [-0.2, -0.15) is 0 Å². The Morgan fingerprint density at radius 2 is 1.96 bits per heavy atom. The van der Waals surface area contributed by atoms with Crippen LogP contribution in [0.25, 0.3) is 0 Å². The average Bonchev–Trinajstić information content (AvgIpc) is 2.53. The third-order valence-corrected chi connectivity index (χ3v) is 5.61. The van der Waals surface area contributed by atoms with Crippen molar-refractivity contribution in [2.75, 3.05) is 28.3 Å². The van der Waals surface area contributed by atoms with E-state index in [1.54, 1.807) is 13.2 Å². The second kappa shape index (κ2) is 5.81. The fourth-order valence-electron chi connectivity index (χ4n) is 4.39. The highest BCUT2D eigenvalue weighted by atomic mass is 16.5. The monoisotopic (exact) mass is 331 g/mol. The number of ketones is 1. The first-order valence-corrected chi connectivity index (χ1v) is 8.18. The van der Waals surface area contributed by atoms with Crippen molar-refractivity contribution in [3.63, 3.8) is 0 Å². The Morgan fingerprint density at radius 3 is 2.54 bits per heavy atom. The van der Waals surface area contributed by atoms with Crippen LogP contribution in [-0.2, 0) is 21.4 Å². The smallest absolute Gasteiger partial charge is 0.197 e. The molecule has 0 saturated carbocycles. The fourth-order valence-corrected chi connectivity index (χ4v) is 4.39. The summed E-state index contributed by atoms with van der Waals surface area (Å²) in [6.45, 7) is 2.06. The summed E-state index contributed by atoms with van der Waals surface area (Å²) in [5.41, 5.74) is 1.43. The van der Waals surface area contributed by atoms with Gasteiger partial charge in [0.25, 0.3) is 0 Å². The lowest BCUT2D eigenvalue weighted by molar-refractivity contribution is -0.121. The van der Waals surface area contributed by atoms with Gasteiger partial charge in [0.1, 0.15) is 0 Å². The van der Waals surface area contributed by atoms with Crippen molar-refractivity contribution in [3.8, 4) is 11.5 Å². The van der Waals surface area contributed by atoms with Gasteiger partial charge in [0.05, 0.1) is 14.2 Å². The number of carbonyl (C=O) groups is 1. The van der Waals surface area contributed by atoms with Gasteiger partial charge in [-0.05, 0) is 38.2 Å². The summed E-state index contributed by atoms with van der Waals surface area (Å²) in [5.74, 6) is 1.08. The number of phenolic OH excluding ortho intramolecular Hbond substituents is 1. The van der Waals surface area contributed by atoms with Crippen molar-refractivity contribution in [1.82, 2.24) is 4.90 Å². The zero-order valence-electron chi connectivity index (χ0n) is 14.9. The van der Waals surface area contributed by atoms with Crippen LogP contribution >= 0.6 is 0 Å². The Labute approximate surface area is 142 Å². The van der Waals surface area contributed by atoms with Crippen molar-refractivity contribution in [1.29, 1.82) is 0 Å². The van der Waals surface area contributed by atoms with E-state index in [0.717, 1.165) is 17.5 Å². The number of rotatable bonds is 3. The molecule has 2 aliphatic carbocycles. The quantitative estimate of drug-likeness (QED) is 0.921. The average molecular weight is 331 g/mol. The van der Waals surface area contributed by atoms with Gasteiger partial charge < -0.3 is 19.5 Å². The van der Waals surface area contributed by atoms with Gasteiger partial charge in [0.2, 0.25) is 0 Å². The minimum absolute atomic E-state index is 0.0242. The molecule has 3 atom stereocenters. The number of likely N-dealkylation sites (N-methyl/N-ethyl adjacent to an activating group) is 1. The minimum atomic E-state index is -0.486. The van der Waals surface area contributed by atoms with E-state index in [1.807, 2.05) is 12.1 Å². The van der Waals surface area contributed by atoms with Crippen LogP contribution in [0.1, 0.15) is 24.5 Å². The number of hydrogen-bond donors (Lipinski definition) is 1. The van der Waals surface area contributed by atoms with Crippen LogP contribution in [0, 0.1) is 5.92 Å². The largest absolute Gasteiger partial charge is 0.504 e. The number of hydrogen-bond acceptors (Lipinski definition) is 5. The SMILES string of the molecule is COC1=C[C@@H]2[C@@H](N(C)C)Cc3ccc(OC)c(O)c3[C@]2(C)CC1=O. The molecule has 0 unspecified atom stereocenters. The van der Waals surface area contributed by atoms with E-state index < -0.39 is 5.41 Å². The standard InChI is InChI=1S/C19H25NO4/c1-19-10-14(21)16(24-5)9-12(19)13(20(2)3)8-11-6-7-15(23-4)18(22)17(11)19/h6-7,9,12-13,22H,8,10H2,1-5H3/t12-,13+,19-/m1/s1. The highest BCUT2D eigenvalue weighted by Gasteiger charge is 2.51. The first-order chi connectivity index (χ1) is 11.3. The highest BCUT2D eigenvalue weighted by molar-refractivity contribution is 5.96. The number of aromatic hydroxyl groups is 1. The molecule has 0 heterocycles. The van der Waals surface area contributed by atoms with Gasteiger partial charge >= 0.3 is 0 Å². The van der Waals surface area contributed by atoms with Crippen molar-refractivity contribution >= 4 is 5.78 Å². The van der Waals surface area contributed by atoms with Crippen molar-refractivity contribution < 1.29 is 19.4 Å². The predicted octanol–water partition coefficient (Wildman–Crippen LogP) is 2.26. The molecule has 0 spiro atoms. The van der Waals surface area contributed by atoms with E-state index in [4.69, 9.17) is 9.47 Å². The predicted molar refractivity (Wildman–Crippen MR) is 91.4 cm³/mol. The first-order valence-electron chi connectivity index (χ1n) is 8.18. The summed E-state index contributed by atoms with van der Waals surface area (Å²) in [7, 11) is 7.18. The number of nitrogens with zero attached hydrogens (tertiary/aromatic N) is 1. The van der Waals surface area contributed by atoms with Crippen molar-refractivity contribution in [2.45, 2.75) is 31.2 Å². The van der Waals surface area contributed by atoms with Crippen LogP contribution < -0.4 is 4.74 Å². The van der Waals surface area contributed by atoms with Gasteiger partial charge in [-0.15, -0.1) is 0 Å². The zero-order valence-corrected chi connectivity index (χ0v) is 14.9. The fraction of sp³-hybridized carbons (Fsp3) is 0.526. The van der Waals surface area contributed by atoms with E-state index in [9.17, 15) is 9.90 Å². The van der Waals surface area contributed by atoms with Gasteiger partial charge in [-0.3, -0.25) is 4.79 Å². The van der Waals surface area contributed by atoms with Gasteiger partial charge in [-0.25, -0.2) is 0 Å². The third kappa shape index (κ3) is 2.30. The van der Waals surface area contributed by atoms with Crippen LogP contribution in [0.4, 0.5) is 0 Å². The summed E-state index contributed by atoms with van der Waals surface area (Å²) in [4.78, 5) is 14.7. The number of carbonyl (C=O) groups excluding carboxylic acids is 1. The Balaban J connectivity index is 2.25. The first kappa shape index (κ1) is 16.8. The highest BCUT2D eigenvalue weighted by Crippen LogP contribution is 2.53. The zero-order chi connectivity index (χ0) is 17.6. The molecule has 0 saturated heterocycles. The number of Topliss-reactive ketones (excluding diaryl/α,β-unsaturated/α-hetero) is 1. The molecule has 2 aliphatic rings. The molecule has 5 nitrogen and oxygen atoms in total. The van der Waals surface area contributed by atoms with E-state index >= 15 is 0 Å². The molecule has 0 aliphatic heterocycles. The molecule has 3 rings (SSSR count). The van der Waals surface area contributed by atoms with Crippen LogP contribution in [0.15, 0.2) is 24.0 Å². The lowest BCUT2D eigenvalue weighted by Gasteiger charge is -2.50. The Hall–Kier alpha value is -2.01. The number of methoxy groups -OCH3 is 2. The van der Waals surface area contributed by atoms with Gasteiger partial charge in [0.15, 0.2) is 23.0 Å². The molecule has 0 aromatic heterocycles. The van der Waals surface area contributed by atoms with Crippen LogP contribution in [-0.4, -0.2) is 50.1 Å². The van der Waals surface area contributed by atoms with E-state index in [2.05, 4.69) is 25.9 Å². The molecule has 1 N–H and O–H groups in total. The van der Waals surface area contributed by atoms with Crippen LogP contribution in [0.3, 0.4) is 0 Å². The molecule has 1 aromatic rings. The molecule has 1 aromatic carbocycles. The lowest BCUT2D eigenvalue weighted by Crippen LogP contribution is -2.53. The van der Waals surface area contributed by atoms with Gasteiger partial charge in [-0.1, -0.05) is 13.0 Å². The summed E-state index contributed by atoms with van der Waals surface area (Å²) in [6.07, 6.45) is 3.07. The van der Waals surface area contributed by atoms with Gasteiger partial charge in [0, 0.05) is 29.4 Å². The second-order valence-electron chi connectivity index (χ2n) is 7.16. The number of allylic oxidation sites excluding steroid dienone is 1. The summed E-state index contributed by atoms with van der Waals surface area (Å²) < 4.78 is 10.6. The normalized spacial score (nSPS) is 28.9. The molecule has 0 amide bonds. The summed E-state index contributed by atoms with van der Waals surface area (Å²) in [6, 6.07) is 4.03. The van der Waals surface area contributed by atoms with E-state index in [0.29, 0.717) is 17.9 Å². The Kier molecular flexibility index (Phi) is 4.08. The second-order valence-corrected chi connectivity index (χ2v) is 7.16. The maximum atomic E-state index is 12.5. The number of benzene rings is 1. The third-order valence-electron chi connectivity index (χ3n) is 5.61. The molecule has 130 valence electrons. The van der Waals surface area contributed by atoms with E-state index in [-0.39, 0.29) is 23.5 Å². The molecule has 0 fully saturated rings. The number of phenols is 1. The van der Waals surface area contributed by atoms with Crippen molar-refractivity contribution in [2.24, 2.45) is 5.92 Å². The Bertz CT molecular complexity index is 710. The van der Waals surface area contributed by atoms with E-state index in [1.165, 1.54) is 7.11 Å². The molecule has 24 heavy (non-hydrogen) atoms. The molecule has 5 heteroatoms. The minimum Gasteiger partial charge on any atom is -0.504 e. The summed E-state index contributed by atoms with van der Waals surface area (Å²) >= 11 is 0. The molecule has 0 radical (unpaired) electrons. The van der Waals surface area contributed by atoms with Crippen molar-refractivity contribution in [3.05, 3.63) is 35.1 Å². The lowest BCUT2D eigenvalue weighted by atomic mass is 9.57. The number of ether oxygens (including phenoxy) is 2. The topological polar surface area (TPSA) is 59.0 Å². The molecular weight excluding hydrogens is 306 g/mol. The maximum Gasteiger partial charge on any atom is 0.197 e. The number of fused-ring (bicyclic) bond motifs is 3. The maximum absolute atomic E-state index is 12.5. The molecule has 0 bridgehead atoms. The van der Waals surface area contributed by atoms with Crippen LogP contribution in [0.2, 0.25) is 0 Å². The van der Waals surface area contributed by atoms with Crippen LogP contribution in [0.5, 0.6) is 11.5 Å².